The predicted molar refractivity (Wildman–Crippen MR) is 122 cm³/mol. The molecule has 0 spiro atoms. The van der Waals surface area contributed by atoms with Gasteiger partial charge in [-0.1, -0.05) is 11.3 Å². The first-order valence-electron chi connectivity index (χ1n) is 11.1. The number of nitrogens with zero attached hydrogens (tertiary/aromatic N) is 8. The van der Waals surface area contributed by atoms with Crippen molar-refractivity contribution < 1.29 is 14.6 Å². The zero-order chi connectivity index (χ0) is 23.2. The Morgan fingerprint density at radius 3 is 3.09 bits per heavy atom. The van der Waals surface area contributed by atoms with Crippen molar-refractivity contribution >= 4 is 29.3 Å². The number of allylic oxidation sites excluding steroid dienone is 2. The number of anilines is 1. The van der Waals surface area contributed by atoms with Crippen LogP contribution >= 0.6 is 0 Å². The lowest BCUT2D eigenvalue weighted by Gasteiger charge is -2.11. The number of nitrogens with two attached hydrogens (primary N) is 1. The van der Waals surface area contributed by atoms with E-state index < -0.39 is 5.97 Å². The van der Waals surface area contributed by atoms with E-state index in [9.17, 15) is 4.79 Å². The van der Waals surface area contributed by atoms with Gasteiger partial charge in [-0.3, -0.25) is 9.79 Å². The van der Waals surface area contributed by atoms with Gasteiger partial charge in [-0.15, -0.1) is 9.78 Å². The van der Waals surface area contributed by atoms with Crippen molar-refractivity contribution in [2.24, 2.45) is 23.7 Å². The third kappa shape index (κ3) is 5.58. The molecule has 12 nitrogen and oxygen atoms in total. The molecule has 0 fully saturated rings. The molecule has 1 aliphatic rings. The third-order valence-electron chi connectivity index (χ3n) is 5.53. The maximum atomic E-state index is 10.8. The Bertz CT molecular complexity index is 1180. The average molecular weight is 454 g/mol. The van der Waals surface area contributed by atoms with Crippen LogP contribution in [-0.4, -0.2) is 60.0 Å². The first-order chi connectivity index (χ1) is 16.0. The Labute approximate surface area is 190 Å². The number of hydrogen-bond donors (Lipinski definition) is 3. The highest BCUT2D eigenvalue weighted by atomic mass is 16.4. The predicted octanol–water partition coefficient (Wildman–Crippen LogP) is 0.827. The summed E-state index contributed by atoms with van der Waals surface area (Å²) in [5.41, 5.74) is 8.46. The molecule has 0 saturated carbocycles. The van der Waals surface area contributed by atoms with E-state index in [0.717, 1.165) is 37.2 Å². The van der Waals surface area contributed by atoms with Crippen LogP contribution in [0.3, 0.4) is 0 Å². The van der Waals surface area contributed by atoms with Crippen LogP contribution in [0.1, 0.15) is 32.1 Å². The Morgan fingerprint density at radius 2 is 2.27 bits per heavy atom. The van der Waals surface area contributed by atoms with Crippen molar-refractivity contribution in [1.29, 1.82) is 0 Å². The lowest BCUT2D eigenvalue weighted by molar-refractivity contribution is -0.753. The Kier molecular flexibility index (Phi) is 7.03. The second-order valence-electron chi connectivity index (χ2n) is 8.08. The molecule has 1 unspecified atom stereocenters. The topological polar surface area (TPSA) is 153 Å². The molecule has 3 aromatic heterocycles. The minimum atomic E-state index is -0.766. The number of aryl methyl sites for hydroxylation is 2. The van der Waals surface area contributed by atoms with Crippen LogP contribution in [0.25, 0.3) is 16.9 Å². The van der Waals surface area contributed by atoms with Gasteiger partial charge in [0.15, 0.2) is 23.9 Å². The number of fused-ring (bicyclic) bond motifs is 1. The molecule has 33 heavy (non-hydrogen) atoms. The molecule has 4 N–H and O–H groups in total. The monoisotopic (exact) mass is 453 g/mol. The summed E-state index contributed by atoms with van der Waals surface area (Å²) in [6.45, 7) is 2.14. The standard InChI is InChI=1S/C21H28N10O2/c1-29-13-17(14-30(29)9-3-7-22)31-20-18(27-28-31)12-24-21(26-20)25-16-10-15(6-8-23-11-16)4-2-5-19(32)33/h10-15H,2-9,22H2,1H3,(H-,24,25,26,28,32,33)/p+1. The number of aliphatic imine (C=N–C) groups is 1. The molecule has 3 aromatic rings. The summed E-state index contributed by atoms with van der Waals surface area (Å²) < 4.78 is 5.73. The van der Waals surface area contributed by atoms with Crippen molar-refractivity contribution in [2.75, 3.05) is 18.4 Å². The molecular formula is C21H29N10O2+. The van der Waals surface area contributed by atoms with Crippen molar-refractivity contribution in [3.8, 4) is 5.69 Å². The van der Waals surface area contributed by atoms with Crippen LogP contribution in [0, 0.1) is 5.92 Å². The van der Waals surface area contributed by atoms with Crippen molar-refractivity contribution in [3.63, 3.8) is 0 Å². The number of carboxylic acid groups (broad SMARTS) is 1. The molecule has 0 saturated heterocycles. The van der Waals surface area contributed by atoms with Gasteiger partial charge in [0.05, 0.1) is 24.6 Å². The zero-order valence-corrected chi connectivity index (χ0v) is 18.6. The Morgan fingerprint density at radius 1 is 1.39 bits per heavy atom. The number of rotatable bonds is 10. The Balaban J connectivity index is 1.54. The molecule has 12 heteroatoms. The van der Waals surface area contributed by atoms with Crippen molar-refractivity contribution in [2.45, 2.75) is 38.6 Å². The van der Waals surface area contributed by atoms with Gasteiger partial charge in [-0.2, -0.15) is 14.3 Å². The molecule has 4 heterocycles. The molecule has 4 rings (SSSR count). The lowest BCUT2D eigenvalue weighted by Crippen LogP contribution is -2.38. The first-order valence-corrected chi connectivity index (χ1v) is 11.1. The quantitative estimate of drug-likeness (QED) is 0.382. The molecule has 0 bridgehead atoms. The number of hydrogen-bond acceptors (Lipinski definition) is 8. The summed E-state index contributed by atoms with van der Waals surface area (Å²) in [6.07, 6.45) is 12.8. The summed E-state index contributed by atoms with van der Waals surface area (Å²) in [5, 5.41) is 20.6. The van der Waals surface area contributed by atoms with Crippen LogP contribution in [-0.2, 0) is 18.4 Å². The summed E-state index contributed by atoms with van der Waals surface area (Å²) in [4.78, 5) is 24.2. The second kappa shape index (κ2) is 10.3. The summed E-state index contributed by atoms with van der Waals surface area (Å²) >= 11 is 0. The van der Waals surface area contributed by atoms with Gasteiger partial charge < -0.3 is 16.2 Å². The number of aliphatic carboxylic acids is 1. The van der Waals surface area contributed by atoms with Gasteiger partial charge in [0.1, 0.15) is 0 Å². The maximum absolute atomic E-state index is 10.8. The second-order valence-corrected chi connectivity index (χ2v) is 8.08. The van der Waals surface area contributed by atoms with Gasteiger partial charge in [-0.25, -0.2) is 4.98 Å². The highest BCUT2D eigenvalue weighted by Crippen LogP contribution is 2.20. The van der Waals surface area contributed by atoms with Gasteiger partial charge >= 0.3 is 5.97 Å². The lowest BCUT2D eigenvalue weighted by atomic mass is 9.97. The van der Waals surface area contributed by atoms with E-state index in [2.05, 4.69) is 41.3 Å². The van der Waals surface area contributed by atoms with Gasteiger partial charge in [0.2, 0.25) is 12.1 Å². The van der Waals surface area contributed by atoms with E-state index in [1.165, 1.54) is 0 Å². The molecule has 174 valence electrons. The van der Waals surface area contributed by atoms with E-state index in [1.54, 1.807) is 17.1 Å². The molecule has 1 aliphatic heterocycles. The van der Waals surface area contributed by atoms with Gasteiger partial charge in [0.25, 0.3) is 0 Å². The molecule has 0 amide bonds. The summed E-state index contributed by atoms with van der Waals surface area (Å²) in [7, 11) is 1.96. The molecular weight excluding hydrogens is 424 g/mol. The Hall–Kier alpha value is -3.67. The third-order valence-corrected chi connectivity index (χ3v) is 5.53. The fourth-order valence-corrected chi connectivity index (χ4v) is 3.82. The molecule has 0 radical (unpaired) electrons. The minimum absolute atomic E-state index is 0.177. The highest BCUT2D eigenvalue weighted by molar-refractivity contribution is 5.83. The van der Waals surface area contributed by atoms with Crippen LogP contribution in [0.2, 0.25) is 0 Å². The van der Waals surface area contributed by atoms with Gasteiger partial charge in [-0.05, 0) is 38.1 Å². The molecule has 0 aromatic carbocycles. The normalized spacial score (nSPS) is 16.1. The van der Waals surface area contributed by atoms with Gasteiger partial charge in [0, 0.05) is 19.2 Å². The molecule has 0 aliphatic carbocycles. The molecule has 1 atom stereocenters. The van der Waals surface area contributed by atoms with E-state index in [1.807, 2.05) is 24.1 Å². The first kappa shape index (κ1) is 22.5. The van der Waals surface area contributed by atoms with Crippen LogP contribution in [0.4, 0.5) is 5.95 Å². The smallest absolute Gasteiger partial charge is 0.303 e. The minimum Gasteiger partial charge on any atom is -0.481 e. The number of carbonyl (C=O) groups is 1. The van der Waals surface area contributed by atoms with E-state index in [-0.39, 0.29) is 12.3 Å². The van der Waals surface area contributed by atoms with E-state index >= 15 is 0 Å². The fourth-order valence-electron chi connectivity index (χ4n) is 3.82. The number of aromatic nitrogens is 7. The SMILES string of the molecule is C[n+]1cc(-n2nnc3cnc(NC4=CC(CCCC(=O)O)CCN=C4)nc32)cn1CCCN. The highest BCUT2D eigenvalue weighted by Gasteiger charge is 2.17. The summed E-state index contributed by atoms with van der Waals surface area (Å²) in [6, 6.07) is 0. The number of carboxylic acids is 1. The average Bonchev–Trinajstić information content (AvgIpc) is 3.29. The van der Waals surface area contributed by atoms with E-state index in [4.69, 9.17) is 10.8 Å². The largest absolute Gasteiger partial charge is 0.481 e. The van der Waals surface area contributed by atoms with Crippen LogP contribution < -0.4 is 15.7 Å². The fraction of sp³-hybridized carbons (Fsp3) is 0.476. The van der Waals surface area contributed by atoms with E-state index in [0.29, 0.717) is 36.6 Å². The zero-order valence-electron chi connectivity index (χ0n) is 18.6. The summed E-state index contributed by atoms with van der Waals surface area (Å²) in [5.74, 6) is -0.0992. The van der Waals surface area contributed by atoms with Crippen LogP contribution in [0.5, 0.6) is 0 Å². The van der Waals surface area contributed by atoms with Crippen molar-refractivity contribution in [3.05, 3.63) is 30.4 Å². The number of nitrogens with one attached hydrogen (secondary N) is 1. The maximum Gasteiger partial charge on any atom is 0.303 e. The van der Waals surface area contributed by atoms with Crippen molar-refractivity contribution in [1.82, 2.24) is 29.6 Å². The van der Waals surface area contributed by atoms with Crippen LogP contribution in [0.15, 0.2) is 35.4 Å².